The molecule has 3 aromatic rings. The van der Waals surface area contributed by atoms with E-state index in [0.717, 1.165) is 5.56 Å². The molecule has 8 nitrogen and oxygen atoms in total. The molecular formula is C23H18BrClN4O4. The first-order valence-corrected chi connectivity index (χ1v) is 11.2. The van der Waals surface area contributed by atoms with E-state index in [1.165, 1.54) is 6.07 Å². The number of pyridine rings is 1. The smallest absolute Gasteiger partial charge is 0.354 e. The van der Waals surface area contributed by atoms with Crippen molar-refractivity contribution in [2.45, 2.75) is 11.4 Å². The molecule has 1 aromatic heterocycles. The van der Waals surface area contributed by atoms with Crippen LogP contribution in [-0.2, 0) is 11.3 Å². The van der Waals surface area contributed by atoms with E-state index in [1.54, 1.807) is 53.4 Å². The number of amides is 1. The number of carbonyl (C=O) groups excluding carboxylic acids is 1. The van der Waals surface area contributed by atoms with Gasteiger partial charge in [-0.15, -0.1) is 0 Å². The Hall–Kier alpha value is -3.43. The first-order chi connectivity index (χ1) is 15.9. The van der Waals surface area contributed by atoms with Crippen molar-refractivity contribution in [3.05, 3.63) is 83.0 Å². The van der Waals surface area contributed by atoms with Gasteiger partial charge in [0.05, 0.1) is 13.1 Å². The minimum Gasteiger partial charge on any atom is -0.477 e. The van der Waals surface area contributed by atoms with Gasteiger partial charge in [0.15, 0.2) is 5.69 Å². The molecule has 0 saturated carbocycles. The third-order valence-corrected chi connectivity index (χ3v) is 5.65. The normalized spacial score (nSPS) is 15.7. The van der Waals surface area contributed by atoms with Crippen LogP contribution in [0.1, 0.15) is 16.1 Å². The van der Waals surface area contributed by atoms with Crippen molar-refractivity contribution in [1.29, 1.82) is 0 Å². The van der Waals surface area contributed by atoms with Crippen LogP contribution in [0.5, 0.6) is 11.6 Å². The second-order valence-electron chi connectivity index (χ2n) is 7.10. The third kappa shape index (κ3) is 5.68. The first kappa shape index (κ1) is 22.8. The molecule has 0 bridgehead atoms. The van der Waals surface area contributed by atoms with Gasteiger partial charge >= 0.3 is 5.97 Å². The van der Waals surface area contributed by atoms with Gasteiger partial charge in [0, 0.05) is 16.8 Å². The van der Waals surface area contributed by atoms with Crippen LogP contribution in [0, 0.1) is 0 Å². The maximum Gasteiger partial charge on any atom is 0.354 e. The van der Waals surface area contributed by atoms with Crippen LogP contribution in [0.4, 0.5) is 5.69 Å². The molecule has 0 spiro atoms. The number of hydrogen-bond donors (Lipinski definition) is 2. The summed E-state index contributed by atoms with van der Waals surface area (Å²) in [4.78, 5) is 33.5. The summed E-state index contributed by atoms with van der Waals surface area (Å²) in [7, 11) is 0. The Labute approximate surface area is 203 Å². The van der Waals surface area contributed by atoms with E-state index in [9.17, 15) is 9.59 Å². The van der Waals surface area contributed by atoms with Crippen molar-refractivity contribution >= 4 is 51.1 Å². The highest BCUT2D eigenvalue weighted by atomic mass is 79.9. The monoisotopic (exact) mass is 528 g/mol. The zero-order valence-electron chi connectivity index (χ0n) is 17.1. The molecule has 0 fully saturated rings. The number of carboxylic acids is 1. The number of benzene rings is 2. The Morgan fingerprint density at radius 1 is 1.15 bits per heavy atom. The van der Waals surface area contributed by atoms with Crippen molar-refractivity contribution in [2.24, 2.45) is 4.99 Å². The van der Waals surface area contributed by atoms with Gasteiger partial charge in [0.1, 0.15) is 10.6 Å². The van der Waals surface area contributed by atoms with Gasteiger partial charge in [0.25, 0.3) is 0 Å². The van der Waals surface area contributed by atoms with Gasteiger partial charge < -0.3 is 15.2 Å². The van der Waals surface area contributed by atoms with Gasteiger partial charge in [-0.25, -0.2) is 9.78 Å². The Balaban J connectivity index is 1.47. The summed E-state index contributed by atoms with van der Waals surface area (Å²) in [6.45, 7) is 0.668. The molecule has 0 radical (unpaired) electrons. The molecule has 1 atom stereocenters. The SMILES string of the molecule is O=C(O)c1cccc(Oc2ccc(NC3=NCC(Br)C(=O)N3Cc3ccc(Cl)cc3)cc2)n1. The van der Waals surface area contributed by atoms with Crippen molar-refractivity contribution in [1.82, 2.24) is 9.88 Å². The lowest BCUT2D eigenvalue weighted by molar-refractivity contribution is -0.127. The lowest BCUT2D eigenvalue weighted by atomic mass is 10.2. The Kier molecular flexibility index (Phi) is 6.90. The highest BCUT2D eigenvalue weighted by molar-refractivity contribution is 9.10. The number of hydrogen-bond acceptors (Lipinski definition) is 6. The topological polar surface area (TPSA) is 104 Å². The number of carboxylic acid groups (broad SMARTS) is 1. The minimum atomic E-state index is -1.13. The lowest BCUT2D eigenvalue weighted by Gasteiger charge is -2.30. The highest BCUT2D eigenvalue weighted by Gasteiger charge is 2.30. The van der Waals surface area contributed by atoms with Crippen molar-refractivity contribution < 1.29 is 19.4 Å². The molecule has 1 unspecified atom stereocenters. The number of alkyl halides is 1. The van der Waals surface area contributed by atoms with Gasteiger partial charge in [-0.05, 0) is 48.0 Å². The summed E-state index contributed by atoms with van der Waals surface area (Å²) in [6, 6.07) is 18.8. The molecular weight excluding hydrogens is 512 g/mol. The van der Waals surface area contributed by atoms with Crippen LogP contribution in [0.2, 0.25) is 5.02 Å². The number of nitrogens with one attached hydrogen (secondary N) is 1. The molecule has 2 N–H and O–H groups in total. The first-order valence-electron chi connectivity index (χ1n) is 9.89. The van der Waals surface area contributed by atoms with E-state index >= 15 is 0 Å². The van der Waals surface area contributed by atoms with E-state index < -0.39 is 5.97 Å². The molecule has 168 valence electrons. The molecule has 2 aromatic carbocycles. The van der Waals surface area contributed by atoms with E-state index in [0.29, 0.717) is 35.5 Å². The minimum absolute atomic E-state index is 0.0909. The number of aromatic carboxylic acids is 1. The van der Waals surface area contributed by atoms with Crippen LogP contribution in [-0.4, -0.2) is 44.2 Å². The fourth-order valence-electron chi connectivity index (χ4n) is 3.08. The highest BCUT2D eigenvalue weighted by Crippen LogP contribution is 2.23. The molecule has 4 rings (SSSR count). The third-order valence-electron chi connectivity index (χ3n) is 4.72. The maximum atomic E-state index is 12.8. The number of ether oxygens (including phenoxy) is 1. The predicted molar refractivity (Wildman–Crippen MR) is 128 cm³/mol. The molecule has 1 aliphatic rings. The second-order valence-corrected chi connectivity index (χ2v) is 8.64. The number of rotatable bonds is 6. The average molecular weight is 530 g/mol. The quantitative estimate of drug-likeness (QED) is 0.445. The Morgan fingerprint density at radius 3 is 2.58 bits per heavy atom. The summed E-state index contributed by atoms with van der Waals surface area (Å²) >= 11 is 9.34. The van der Waals surface area contributed by atoms with Crippen molar-refractivity contribution in [3.63, 3.8) is 0 Å². The van der Waals surface area contributed by atoms with Crippen molar-refractivity contribution in [2.75, 3.05) is 11.9 Å². The maximum absolute atomic E-state index is 12.8. The Morgan fingerprint density at radius 2 is 1.88 bits per heavy atom. The van der Waals surface area contributed by atoms with E-state index in [4.69, 9.17) is 21.4 Å². The van der Waals surface area contributed by atoms with Crippen LogP contribution >= 0.6 is 27.5 Å². The number of aromatic nitrogens is 1. The lowest BCUT2D eigenvalue weighted by Crippen LogP contribution is -2.48. The molecule has 1 amide bonds. The van der Waals surface area contributed by atoms with Crippen LogP contribution in [0.15, 0.2) is 71.7 Å². The molecule has 33 heavy (non-hydrogen) atoms. The van der Waals surface area contributed by atoms with Crippen LogP contribution < -0.4 is 10.1 Å². The zero-order chi connectivity index (χ0) is 23.4. The van der Waals surface area contributed by atoms with E-state index in [2.05, 4.69) is 31.2 Å². The van der Waals surface area contributed by atoms with Crippen LogP contribution in [0.3, 0.4) is 0 Å². The number of nitrogens with zero attached hydrogens (tertiary/aromatic N) is 3. The number of guanidine groups is 1. The van der Waals surface area contributed by atoms with E-state index in [-0.39, 0.29) is 22.3 Å². The summed E-state index contributed by atoms with van der Waals surface area (Å²) in [5.74, 6) is -0.121. The average Bonchev–Trinajstić information content (AvgIpc) is 2.81. The number of anilines is 1. The molecule has 2 heterocycles. The standard InChI is InChI=1S/C23H18BrClN4O4/c24-18-12-26-23(29(21(18)30)13-14-4-6-15(25)7-5-14)27-16-8-10-17(11-9-16)33-20-3-1-2-19(28-20)22(31)32/h1-11,18H,12-13H2,(H,26,27)(H,31,32). The van der Waals surface area contributed by atoms with Crippen LogP contribution in [0.25, 0.3) is 0 Å². The summed E-state index contributed by atoms with van der Waals surface area (Å²) in [5.41, 5.74) is 1.52. The molecule has 0 saturated heterocycles. The van der Waals surface area contributed by atoms with Gasteiger partial charge in [-0.2, -0.15) is 0 Å². The fourth-order valence-corrected chi connectivity index (χ4v) is 3.60. The second kappa shape index (κ2) is 10.0. The number of aliphatic imine (C=N–C) groups is 1. The summed E-state index contributed by atoms with van der Waals surface area (Å²) in [5, 5.41) is 12.9. The number of carbonyl (C=O) groups is 2. The van der Waals surface area contributed by atoms with Crippen molar-refractivity contribution in [3.8, 4) is 11.6 Å². The summed E-state index contributed by atoms with van der Waals surface area (Å²) in [6.07, 6.45) is 0. The van der Waals surface area contributed by atoms with Gasteiger partial charge in [-0.3, -0.25) is 14.7 Å². The molecule has 10 heteroatoms. The summed E-state index contributed by atoms with van der Waals surface area (Å²) < 4.78 is 5.64. The fraction of sp³-hybridized carbons (Fsp3) is 0.130. The van der Waals surface area contributed by atoms with E-state index in [1.807, 2.05) is 12.1 Å². The Bertz CT molecular complexity index is 1200. The van der Waals surface area contributed by atoms with Gasteiger partial charge in [0.2, 0.25) is 17.7 Å². The zero-order valence-corrected chi connectivity index (χ0v) is 19.5. The molecule has 0 aliphatic carbocycles. The molecule has 1 aliphatic heterocycles. The predicted octanol–water partition coefficient (Wildman–Crippen LogP) is 4.80. The van der Waals surface area contributed by atoms with Gasteiger partial charge in [-0.1, -0.05) is 45.7 Å². The largest absolute Gasteiger partial charge is 0.477 e. The number of halogens is 2.